The van der Waals surface area contributed by atoms with E-state index in [1.165, 1.54) is 0 Å². The highest BCUT2D eigenvalue weighted by atomic mass is 16.5. The van der Waals surface area contributed by atoms with Gasteiger partial charge < -0.3 is 30.0 Å². The highest BCUT2D eigenvalue weighted by Crippen LogP contribution is 1.92. The van der Waals surface area contributed by atoms with Crippen molar-refractivity contribution in [2.45, 2.75) is 25.3 Å². The number of methoxy groups -OCH3 is 2. The van der Waals surface area contributed by atoms with Crippen LogP contribution in [0.4, 0.5) is 0 Å². The zero-order valence-corrected chi connectivity index (χ0v) is 11.6. The molecule has 19 heavy (non-hydrogen) atoms. The molecule has 0 aliphatic rings. The van der Waals surface area contributed by atoms with Crippen LogP contribution >= 0.6 is 0 Å². The van der Waals surface area contributed by atoms with Crippen LogP contribution in [0.2, 0.25) is 0 Å². The SMILES string of the molecule is COCCCNC(=O)CC(NCCCOC)C(=O)[O-]. The van der Waals surface area contributed by atoms with Gasteiger partial charge in [-0.15, -0.1) is 0 Å². The maximum absolute atomic E-state index is 11.5. The monoisotopic (exact) mass is 275 g/mol. The first kappa shape index (κ1) is 17.8. The number of hydrogen-bond donors (Lipinski definition) is 2. The summed E-state index contributed by atoms with van der Waals surface area (Å²) in [4.78, 5) is 22.4. The fourth-order valence-electron chi connectivity index (χ4n) is 1.43. The lowest BCUT2D eigenvalue weighted by atomic mass is 10.2. The number of hydrogen-bond acceptors (Lipinski definition) is 6. The maximum Gasteiger partial charge on any atom is 0.221 e. The van der Waals surface area contributed by atoms with Crippen LogP contribution in [-0.4, -0.2) is 58.4 Å². The zero-order valence-electron chi connectivity index (χ0n) is 11.6. The van der Waals surface area contributed by atoms with E-state index < -0.39 is 12.0 Å². The van der Waals surface area contributed by atoms with Crippen LogP contribution in [0.15, 0.2) is 0 Å². The molecule has 112 valence electrons. The van der Waals surface area contributed by atoms with E-state index in [1.54, 1.807) is 14.2 Å². The lowest BCUT2D eigenvalue weighted by molar-refractivity contribution is -0.308. The van der Waals surface area contributed by atoms with Crippen molar-refractivity contribution in [1.82, 2.24) is 10.6 Å². The number of carbonyl (C=O) groups excluding carboxylic acids is 2. The summed E-state index contributed by atoms with van der Waals surface area (Å²) < 4.78 is 9.69. The first-order chi connectivity index (χ1) is 9.11. The Hall–Kier alpha value is -1.18. The third-order valence-electron chi connectivity index (χ3n) is 2.44. The molecule has 7 nitrogen and oxygen atoms in total. The number of amides is 1. The summed E-state index contributed by atoms with van der Waals surface area (Å²) in [6.07, 6.45) is 1.23. The standard InChI is InChI=1S/C12H24N2O5/c1-18-7-3-5-13-10(12(16)17)9-11(15)14-6-4-8-19-2/h10,13H,3-9H2,1-2H3,(H,14,15)(H,16,17)/p-1. The van der Waals surface area contributed by atoms with Gasteiger partial charge in [-0.2, -0.15) is 0 Å². The van der Waals surface area contributed by atoms with Crippen LogP contribution in [0.5, 0.6) is 0 Å². The molecule has 2 N–H and O–H groups in total. The summed E-state index contributed by atoms with van der Waals surface area (Å²) >= 11 is 0. The Kier molecular flexibility index (Phi) is 11.1. The van der Waals surface area contributed by atoms with E-state index in [2.05, 4.69) is 10.6 Å². The fraction of sp³-hybridized carbons (Fsp3) is 0.833. The minimum atomic E-state index is -1.27. The summed E-state index contributed by atoms with van der Waals surface area (Å²) in [5, 5.41) is 16.3. The quantitative estimate of drug-likeness (QED) is 0.411. The fourth-order valence-corrected chi connectivity index (χ4v) is 1.43. The number of rotatable bonds is 12. The van der Waals surface area contributed by atoms with Crippen LogP contribution in [0, 0.1) is 0 Å². The number of carboxylic acids is 1. The van der Waals surface area contributed by atoms with Gasteiger partial charge in [0.15, 0.2) is 0 Å². The lowest BCUT2D eigenvalue weighted by Gasteiger charge is -2.19. The molecule has 7 heteroatoms. The summed E-state index contributed by atoms with van der Waals surface area (Å²) in [5.74, 6) is -1.59. The Morgan fingerprint density at radius 3 is 2.21 bits per heavy atom. The normalized spacial score (nSPS) is 12.1. The number of nitrogens with one attached hydrogen (secondary N) is 2. The Labute approximate surface area is 113 Å². The average molecular weight is 275 g/mol. The Balaban J connectivity index is 3.85. The summed E-state index contributed by atoms with van der Waals surface area (Å²) in [5.41, 5.74) is 0. The van der Waals surface area contributed by atoms with Gasteiger partial charge in [-0.25, -0.2) is 0 Å². The van der Waals surface area contributed by atoms with Crippen molar-refractivity contribution in [2.24, 2.45) is 0 Å². The van der Waals surface area contributed by atoms with Gasteiger partial charge in [-0.3, -0.25) is 4.79 Å². The van der Waals surface area contributed by atoms with Crippen molar-refractivity contribution in [3.8, 4) is 0 Å². The van der Waals surface area contributed by atoms with E-state index in [9.17, 15) is 14.7 Å². The second kappa shape index (κ2) is 11.9. The molecular formula is C12H23N2O5-. The number of carboxylic acid groups (broad SMARTS) is 1. The Bertz CT molecular complexity index is 261. The van der Waals surface area contributed by atoms with Gasteiger partial charge in [0.1, 0.15) is 0 Å². The van der Waals surface area contributed by atoms with Crippen LogP contribution < -0.4 is 15.7 Å². The molecule has 1 unspecified atom stereocenters. The van der Waals surface area contributed by atoms with Crippen molar-refractivity contribution in [1.29, 1.82) is 0 Å². The second-order valence-electron chi connectivity index (χ2n) is 4.07. The van der Waals surface area contributed by atoms with Gasteiger partial charge in [0.25, 0.3) is 0 Å². The summed E-state index contributed by atoms with van der Waals surface area (Å²) in [6.45, 7) is 2.02. The molecule has 0 bridgehead atoms. The second-order valence-corrected chi connectivity index (χ2v) is 4.07. The molecular weight excluding hydrogens is 252 g/mol. The molecule has 0 aliphatic carbocycles. The van der Waals surface area contributed by atoms with Crippen molar-refractivity contribution >= 4 is 11.9 Å². The van der Waals surface area contributed by atoms with Crippen LogP contribution in [0.3, 0.4) is 0 Å². The van der Waals surface area contributed by atoms with E-state index in [0.717, 1.165) is 0 Å². The molecule has 0 fully saturated rings. The average Bonchev–Trinajstić information content (AvgIpc) is 2.38. The van der Waals surface area contributed by atoms with E-state index >= 15 is 0 Å². The van der Waals surface area contributed by atoms with Crippen LogP contribution in [0.1, 0.15) is 19.3 Å². The van der Waals surface area contributed by atoms with Gasteiger partial charge in [-0.05, 0) is 19.4 Å². The highest BCUT2D eigenvalue weighted by molar-refractivity contribution is 5.83. The maximum atomic E-state index is 11.5. The van der Waals surface area contributed by atoms with E-state index in [-0.39, 0.29) is 12.3 Å². The van der Waals surface area contributed by atoms with Gasteiger partial charge in [0.2, 0.25) is 5.91 Å². The molecule has 0 radical (unpaired) electrons. The van der Waals surface area contributed by atoms with Gasteiger partial charge in [-0.1, -0.05) is 0 Å². The minimum absolute atomic E-state index is 0.137. The third-order valence-corrected chi connectivity index (χ3v) is 2.44. The summed E-state index contributed by atoms with van der Waals surface area (Å²) in [6, 6.07) is -0.973. The minimum Gasteiger partial charge on any atom is -0.548 e. The predicted molar refractivity (Wildman–Crippen MR) is 67.4 cm³/mol. The number of ether oxygens (including phenoxy) is 2. The summed E-state index contributed by atoms with van der Waals surface area (Å²) in [7, 11) is 3.15. The Morgan fingerprint density at radius 2 is 1.68 bits per heavy atom. The van der Waals surface area contributed by atoms with E-state index in [0.29, 0.717) is 39.1 Å². The molecule has 0 saturated carbocycles. The van der Waals surface area contributed by atoms with E-state index in [4.69, 9.17) is 9.47 Å². The lowest BCUT2D eigenvalue weighted by Crippen LogP contribution is -2.48. The number of aliphatic carboxylic acids is 1. The van der Waals surface area contributed by atoms with Crippen LogP contribution in [-0.2, 0) is 19.1 Å². The van der Waals surface area contributed by atoms with Gasteiger partial charge in [0, 0.05) is 40.4 Å². The van der Waals surface area contributed by atoms with Crippen molar-refractivity contribution in [2.75, 3.05) is 40.5 Å². The van der Waals surface area contributed by atoms with Crippen molar-refractivity contribution in [3.05, 3.63) is 0 Å². The van der Waals surface area contributed by atoms with Crippen LogP contribution in [0.25, 0.3) is 0 Å². The zero-order chi connectivity index (χ0) is 14.5. The molecule has 0 spiro atoms. The predicted octanol–water partition coefficient (Wildman–Crippen LogP) is -1.73. The smallest absolute Gasteiger partial charge is 0.221 e. The molecule has 0 aromatic rings. The van der Waals surface area contributed by atoms with Gasteiger partial charge >= 0.3 is 0 Å². The Morgan fingerprint density at radius 1 is 1.11 bits per heavy atom. The van der Waals surface area contributed by atoms with Crippen molar-refractivity contribution < 1.29 is 24.2 Å². The largest absolute Gasteiger partial charge is 0.548 e. The highest BCUT2D eigenvalue weighted by Gasteiger charge is 2.13. The van der Waals surface area contributed by atoms with Gasteiger partial charge in [0.05, 0.1) is 12.0 Å². The molecule has 0 heterocycles. The third kappa shape index (κ3) is 10.4. The molecule has 0 aromatic carbocycles. The first-order valence-corrected chi connectivity index (χ1v) is 6.30. The molecule has 0 aliphatic heterocycles. The molecule has 0 aromatic heterocycles. The molecule has 1 amide bonds. The van der Waals surface area contributed by atoms with E-state index in [1.807, 2.05) is 0 Å². The first-order valence-electron chi connectivity index (χ1n) is 6.30. The molecule has 0 saturated heterocycles. The van der Waals surface area contributed by atoms with Crippen molar-refractivity contribution in [3.63, 3.8) is 0 Å². The topological polar surface area (TPSA) is 99.7 Å². The molecule has 0 rings (SSSR count). The number of carbonyl (C=O) groups is 2. The molecule has 1 atom stereocenters.